The lowest BCUT2D eigenvalue weighted by Gasteiger charge is -2.32. The number of anilines is 1. The van der Waals surface area contributed by atoms with E-state index in [2.05, 4.69) is 10.3 Å². The molecule has 1 fully saturated rings. The summed E-state index contributed by atoms with van der Waals surface area (Å²) in [4.78, 5) is 15.8. The van der Waals surface area contributed by atoms with Crippen LogP contribution >= 0.6 is 0 Å². The summed E-state index contributed by atoms with van der Waals surface area (Å²) in [6, 6.07) is 3.65. The fourth-order valence-electron chi connectivity index (χ4n) is 2.28. The standard InChI is InChI=1S/C17H26BN3O3/c1-11-15(19)8-7-14(21-11)9-13(10-20-12(2)22)18-23-16(3,4)17(5,6)24-18/h7-9H,10,19H2,1-6H3,(H,20,22). The molecule has 0 aromatic carbocycles. The van der Waals surface area contributed by atoms with Crippen molar-refractivity contribution in [2.24, 2.45) is 0 Å². The van der Waals surface area contributed by atoms with Crippen LogP contribution in [0, 0.1) is 6.92 Å². The number of carbonyl (C=O) groups excluding carboxylic acids is 1. The zero-order valence-electron chi connectivity index (χ0n) is 15.3. The lowest BCUT2D eigenvalue weighted by molar-refractivity contribution is -0.118. The first-order chi connectivity index (χ1) is 11.0. The Morgan fingerprint density at radius 2 is 1.88 bits per heavy atom. The fraction of sp³-hybridized carbons (Fsp3) is 0.529. The topological polar surface area (TPSA) is 86.5 Å². The molecule has 2 rings (SSSR count). The molecule has 1 aromatic rings. The highest BCUT2D eigenvalue weighted by atomic mass is 16.7. The van der Waals surface area contributed by atoms with Gasteiger partial charge in [0.25, 0.3) is 0 Å². The summed E-state index contributed by atoms with van der Waals surface area (Å²) in [6.07, 6.45) is 1.88. The lowest BCUT2D eigenvalue weighted by Crippen LogP contribution is -2.41. The molecule has 0 radical (unpaired) electrons. The number of hydrogen-bond acceptors (Lipinski definition) is 5. The van der Waals surface area contributed by atoms with Gasteiger partial charge in [-0.05, 0) is 58.3 Å². The van der Waals surface area contributed by atoms with E-state index in [0.29, 0.717) is 12.2 Å². The first kappa shape index (κ1) is 18.5. The Hall–Kier alpha value is -1.86. The van der Waals surface area contributed by atoms with Crippen LogP contribution in [0.3, 0.4) is 0 Å². The molecule has 7 heteroatoms. The molecule has 3 N–H and O–H groups in total. The zero-order valence-corrected chi connectivity index (χ0v) is 15.3. The Labute approximate surface area is 144 Å². The molecule has 1 aliphatic rings. The maximum Gasteiger partial charge on any atom is 0.492 e. The van der Waals surface area contributed by atoms with E-state index in [-0.39, 0.29) is 5.91 Å². The normalized spacial score (nSPS) is 19.4. The van der Waals surface area contributed by atoms with Gasteiger partial charge in [0.05, 0.1) is 28.3 Å². The highest BCUT2D eigenvalue weighted by Gasteiger charge is 2.52. The Bertz CT molecular complexity index is 655. The number of aryl methyl sites for hydroxylation is 1. The van der Waals surface area contributed by atoms with Gasteiger partial charge in [0.1, 0.15) is 0 Å². The predicted molar refractivity (Wildman–Crippen MR) is 96.1 cm³/mol. The minimum Gasteiger partial charge on any atom is -0.400 e. The van der Waals surface area contributed by atoms with Gasteiger partial charge in [0.2, 0.25) is 5.91 Å². The van der Waals surface area contributed by atoms with E-state index in [0.717, 1.165) is 16.9 Å². The van der Waals surface area contributed by atoms with Gasteiger partial charge in [0, 0.05) is 13.5 Å². The quantitative estimate of drug-likeness (QED) is 0.826. The number of carbonyl (C=O) groups is 1. The van der Waals surface area contributed by atoms with E-state index in [1.54, 1.807) is 0 Å². The van der Waals surface area contributed by atoms with E-state index in [1.807, 2.05) is 52.8 Å². The highest BCUT2D eigenvalue weighted by Crippen LogP contribution is 2.38. The molecular formula is C17H26BN3O3. The van der Waals surface area contributed by atoms with Crippen LogP contribution in [0.15, 0.2) is 17.6 Å². The Morgan fingerprint density at radius 1 is 1.29 bits per heavy atom. The first-order valence-corrected chi connectivity index (χ1v) is 8.05. The number of nitrogens with two attached hydrogens (primary N) is 1. The molecule has 2 heterocycles. The van der Waals surface area contributed by atoms with E-state index in [4.69, 9.17) is 15.0 Å². The predicted octanol–water partition coefficient (Wildman–Crippen LogP) is 2.12. The van der Waals surface area contributed by atoms with Gasteiger partial charge in [-0.2, -0.15) is 0 Å². The van der Waals surface area contributed by atoms with Crippen LogP contribution in [0.2, 0.25) is 0 Å². The molecule has 1 aromatic heterocycles. The fourth-order valence-corrected chi connectivity index (χ4v) is 2.28. The number of pyridine rings is 1. The van der Waals surface area contributed by atoms with Crippen molar-refractivity contribution < 1.29 is 14.1 Å². The van der Waals surface area contributed by atoms with Crippen LogP contribution in [0.4, 0.5) is 5.69 Å². The number of nitrogens with zero attached hydrogens (tertiary/aromatic N) is 1. The second-order valence-corrected chi connectivity index (χ2v) is 7.13. The third-order valence-corrected chi connectivity index (χ3v) is 4.58. The van der Waals surface area contributed by atoms with Gasteiger partial charge in [-0.25, -0.2) is 0 Å². The molecule has 0 unspecified atom stereocenters. The average molecular weight is 331 g/mol. The first-order valence-electron chi connectivity index (χ1n) is 8.05. The van der Waals surface area contributed by atoms with E-state index >= 15 is 0 Å². The second kappa shape index (κ2) is 6.57. The summed E-state index contributed by atoms with van der Waals surface area (Å²) in [6.45, 7) is 11.6. The highest BCUT2D eigenvalue weighted by molar-refractivity contribution is 6.56. The monoisotopic (exact) mass is 331 g/mol. The number of hydrogen-bond donors (Lipinski definition) is 2. The number of nitrogen functional groups attached to an aromatic ring is 1. The van der Waals surface area contributed by atoms with Crippen molar-refractivity contribution in [3.63, 3.8) is 0 Å². The molecule has 1 amide bonds. The Kier molecular flexibility index (Phi) is 5.06. The molecular weight excluding hydrogens is 305 g/mol. The van der Waals surface area contributed by atoms with Crippen LogP contribution in [0.1, 0.15) is 46.0 Å². The SMILES string of the molecule is CC(=O)NCC(=Cc1ccc(N)c(C)n1)B1OC(C)(C)C(C)(C)O1. The molecule has 6 nitrogen and oxygen atoms in total. The number of rotatable bonds is 4. The molecule has 0 saturated carbocycles. The minimum absolute atomic E-state index is 0.112. The molecule has 1 aliphatic heterocycles. The summed E-state index contributed by atoms with van der Waals surface area (Å²) >= 11 is 0. The van der Waals surface area contributed by atoms with E-state index < -0.39 is 18.3 Å². The minimum atomic E-state index is -0.540. The van der Waals surface area contributed by atoms with Crippen LogP contribution in [0.25, 0.3) is 6.08 Å². The summed E-state index contributed by atoms with van der Waals surface area (Å²) in [5, 5.41) is 2.80. The smallest absolute Gasteiger partial charge is 0.400 e. The van der Waals surface area contributed by atoms with Crippen molar-refractivity contribution in [1.82, 2.24) is 10.3 Å². The largest absolute Gasteiger partial charge is 0.492 e. The number of amides is 1. The van der Waals surface area contributed by atoms with Gasteiger partial charge in [-0.1, -0.05) is 0 Å². The number of nitrogens with one attached hydrogen (secondary N) is 1. The maximum absolute atomic E-state index is 11.3. The molecule has 0 spiro atoms. The van der Waals surface area contributed by atoms with E-state index in [9.17, 15) is 4.79 Å². The van der Waals surface area contributed by atoms with Crippen molar-refractivity contribution in [1.29, 1.82) is 0 Å². The second-order valence-electron chi connectivity index (χ2n) is 7.13. The van der Waals surface area contributed by atoms with Crippen molar-refractivity contribution >= 4 is 24.8 Å². The third-order valence-electron chi connectivity index (χ3n) is 4.58. The Balaban J connectivity index is 2.33. The third kappa shape index (κ3) is 3.97. The van der Waals surface area contributed by atoms with Gasteiger partial charge < -0.3 is 20.4 Å². The molecule has 0 aliphatic carbocycles. The molecule has 1 saturated heterocycles. The van der Waals surface area contributed by atoms with Gasteiger partial charge in [-0.15, -0.1) is 0 Å². The molecule has 0 atom stereocenters. The Morgan fingerprint density at radius 3 is 2.38 bits per heavy atom. The maximum atomic E-state index is 11.3. The van der Waals surface area contributed by atoms with E-state index in [1.165, 1.54) is 6.92 Å². The van der Waals surface area contributed by atoms with Crippen molar-refractivity contribution in [3.8, 4) is 0 Å². The summed E-state index contributed by atoms with van der Waals surface area (Å²) in [5.41, 5.74) is 7.89. The van der Waals surface area contributed by atoms with Crippen molar-refractivity contribution in [2.75, 3.05) is 12.3 Å². The van der Waals surface area contributed by atoms with Crippen LogP contribution < -0.4 is 11.1 Å². The van der Waals surface area contributed by atoms with Crippen molar-refractivity contribution in [2.45, 2.75) is 52.7 Å². The van der Waals surface area contributed by atoms with Gasteiger partial charge >= 0.3 is 7.12 Å². The molecule has 130 valence electrons. The molecule has 24 heavy (non-hydrogen) atoms. The number of aromatic nitrogens is 1. The van der Waals surface area contributed by atoms with Crippen LogP contribution in [0.5, 0.6) is 0 Å². The van der Waals surface area contributed by atoms with Crippen molar-refractivity contribution in [3.05, 3.63) is 29.0 Å². The molecule has 0 bridgehead atoms. The van der Waals surface area contributed by atoms with Crippen LogP contribution in [-0.2, 0) is 14.1 Å². The summed E-state index contributed by atoms with van der Waals surface area (Å²) in [7, 11) is -0.540. The lowest BCUT2D eigenvalue weighted by atomic mass is 9.77. The van der Waals surface area contributed by atoms with Gasteiger partial charge in [-0.3, -0.25) is 9.78 Å². The van der Waals surface area contributed by atoms with Gasteiger partial charge in [0.15, 0.2) is 0 Å². The zero-order chi connectivity index (χ0) is 18.1. The van der Waals surface area contributed by atoms with Crippen LogP contribution in [-0.4, -0.2) is 35.8 Å². The average Bonchev–Trinajstić information content (AvgIpc) is 2.67. The summed E-state index contributed by atoms with van der Waals surface area (Å²) < 4.78 is 12.2. The summed E-state index contributed by atoms with van der Waals surface area (Å²) in [5.74, 6) is -0.112.